The molecular formula is C19H25FN4O2S. The molecule has 0 bridgehead atoms. The van der Waals surface area contributed by atoms with Crippen LogP contribution in [0.1, 0.15) is 63.1 Å². The van der Waals surface area contributed by atoms with Crippen LogP contribution in [0.5, 0.6) is 0 Å². The third-order valence-electron chi connectivity index (χ3n) is 4.10. The number of carbonyl (C=O) groups excluding carboxylic acids is 2. The Morgan fingerprint density at radius 3 is 2.48 bits per heavy atom. The summed E-state index contributed by atoms with van der Waals surface area (Å²) in [6.45, 7) is 9.25. The first-order valence-electron chi connectivity index (χ1n) is 8.82. The van der Waals surface area contributed by atoms with Gasteiger partial charge in [-0.05, 0) is 51.7 Å². The van der Waals surface area contributed by atoms with Crippen molar-refractivity contribution in [3.05, 3.63) is 46.7 Å². The zero-order chi connectivity index (χ0) is 20.2. The lowest BCUT2D eigenvalue weighted by Gasteiger charge is -2.37. The molecule has 2 rings (SSSR count). The summed E-state index contributed by atoms with van der Waals surface area (Å²) in [5.41, 5.74) is -0.242. The number of benzene rings is 1. The Labute approximate surface area is 162 Å². The van der Waals surface area contributed by atoms with Gasteiger partial charge in [-0.2, -0.15) is 0 Å². The first kappa shape index (κ1) is 21.0. The third kappa shape index (κ3) is 5.09. The minimum atomic E-state index is -1.12. The van der Waals surface area contributed by atoms with Gasteiger partial charge < -0.3 is 10.2 Å². The van der Waals surface area contributed by atoms with Gasteiger partial charge in [0.1, 0.15) is 11.9 Å². The van der Waals surface area contributed by atoms with Crippen molar-refractivity contribution >= 4 is 23.3 Å². The monoisotopic (exact) mass is 392 g/mol. The highest BCUT2D eigenvalue weighted by Gasteiger charge is 2.38. The highest BCUT2D eigenvalue weighted by Crippen LogP contribution is 2.29. The predicted molar refractivity (Wildman–Crippen MR) is 103 cm³/mol. The Kier molecular flexibility index (Phi) is 6.64. The molecule has 0 radical (unpaired) electrons. The van der Waals surface area contributed by atoms with E-state index >= 15 is 0 Å². The van der Waals surface area contributed by atoms with E-state index < -0.39 is 29.2 Å². The number of rotatable bonds is 6. The smallest absolute Gasteiger partial charge is 0.276 e. The first-order valence-corrected chi connectivity index (χ1v) is 9.65. The maximum atomic E-state index is 14.6. The van der Waals surface area contributed by atoms with E-state index in [0.29, 0.717) is 6.42 Å². The summed E-state index contributed by atoms with van der Waals surface area (Å²) in [4.78, 5) is 27.7. The zero-order valence-corrected chi connectivity index (χ0v) is 17.0. The summed E-state index contributed by atoms with van der Waals surface area (Å²) in [7, 11) is 0. The molecule has 0 aliphatic rings. The average Bonchev–Trinajstić information content (AvgIpc) is 3.12. The van der Waals surface area contributed by atoms with Gasteiger partial charge in [-0.25, -0.2) is 4.39 Å². The van der Waals surface area contributed by atoms with Gasteiger partial charge in [0.05, 0.1) is 0 Å². The molecule has 2 atom stereocenters. The Morgan fingerprint density at radius 2 is 1.96 bits per heavy atom. The van der Waals surface area contributed by atoms with Crippen molar-refractivity contribution in [2.24, 2.45) is 0 Å². The lowest BCUT2D eigenvalue weighted by molar-refractivity contribution is -0.128. The molecule has 1 aromatic carbocycles. The summed E-state index contributed by atoms with van der Waals surface area (Å²) >= 11 is 1.05. The molecule has 8 heteroatoms. The molecule has 146 valence electrons. The molecule has 0 fully saturated rings. The Hall–Kier alpha value is -2.35. The van der Waals surface area contributed by atoms with Crippen molar-refractivity contribution in [2.75, 3.05) is 0 Å². The van der Waals surface area contributed by atoms with Gasteiger partial charge in [-0.3, -0.25) is 9.59 Å². The molecule has 6 nitrogen and oxygen atoms in total. The number of halogens is 1. The van der Waals surface area contributed by atoms with Crippen LogP contribution in [-0.4, -0.2) is 37.9 Å². The molecule has 0 spiro atoms. The topological polar surface area (TPSA) is 75.2 Å². The maximum absolute atomic E-state index is 14.6. The fraction of sp³-hybridized carbons (Fsp3) is 0.474. The summed E-state index contributed by atoms with van der Waals surface area (Å²) in [6, 6.07) is 4.60. The number of aromatic nitrogens is 2. The van der Waals surface area contributed by atoms with Crippen molar-refractivity contribution in [3.8, 4) is 0 Å². The van der Waals surface area contributed by atoms with Gasteiger partial charge in [-0.15, -0.1) is 5.10 Å². The second-order valence-corrected chi connectivity index (χ2v) is 8.03. The summed E-state index contributed by atoms with van der Waals surface area (Å²) in [5, 5.41) is 8.24. The molecular weight excluding hydrogens is 367 g/mol. The third-order valence-corrected chi connectivity index (χ3v) is 4.61. The number of nitrogens with zero attached hydrogens (tertiary/aromatic N) is 3. The van der Waals surface area contributed by atoms with Crippen molar-refractivity contribution < 1.29 is 14.0 Å². The predicted octanol–water partition coefficient (Wildman–Crippen LogP) is 3.57. The van der Waals surface area contributed by atoms with E-state index in [1.54, 1.807) is 12.1 Å². The summed E-state index contributed by atoms with van der Waals surface area (Å²) in [5.74, 6) is -1.43. The Balaban J connectivity index is 2.58. The highest BCUT2D eigenvalue weighted by atomic mass is 32.1. The van der Waals surface area contributed by atoms with Crippen molar-refractivity contribution in [3.63, 3.8) is 0 Å². The van der Waals surface area contributed by atoms with Gasteiger partial charge in [0.15, 0.2) is 5.69 Å². The van der Waals surface area contributed by atoms with Crippen LogP contribution in [0.4, 0.5) is 4.39 Å². The molecule has 2 amide bonds. The maximum Gasteiger partial charge on any atom is 0.276 e. The summed E-state index contributed by atoms with van der Waals surface area (Å²) < 4.78 is 18.4. The van der Waals surface area contributed by atoms with E-state index in [2.05, 4.69) is 14.9 Å². The molecule has 0 aliphatic heterocycles. The molecule has 2 aromatic rings. The van der Waals surface area contributed by atoms with E-state index in [1.807, 2.05) is 34.6 Å². The van der Waals surface area contributed by atoms with Crippen molar-refractivity contribution in [1.29, 1.82) is 0 Å². The number of hydrogen-bond acceptors (Lipinski definition) is 5. The SMILES string of the molecule is CC[C@@H](C)N(C(=O)c1csnn1)[C@@H](C(=O)NC(C)(C)C)c1ccccc1F. The van der Waals surface area contributed by atoms with Gasteiger partial charge in [0, 0.05) is 22.5 Å². The van der Waals surface area contributed by atoms with Gasteiger partial charge >= 0.3 is 0 Å². The normalized spacial score (nSPS) is 13.7. The summed E-state index contributed by atoms with van der Waals surface area (Å²) in [6.07, 6.45) is 0.594. The minimum absolute atomic E-state index is 0.144. The largest absolute Gasteiger partial charge is 0.349 e. The Morgan fingerprint density at radius 1 is 1.30 bits per heavy atom. The number of amides is 2. The van der Waals surface area contributed by atoms with Crippen molar-refractivity contribution in [2.45, 2.75) is 58.7 Å². The molecule has 27 heavy (non-hydrogen) atoms. The molecule has 1 N–H and O–H groups in total. The lowest BCUT2D eigenvalue weighted by atomic mass is 9.98. The van der Waals surface area contributed by atoms with E-state index in [-0.39, 0.29) is 17.3 Å². The van der Waals surface area contributed by atoms with E-state index in [1.165, 1.54) is 22.4 Å². The van der Waals surface area contributed by atoms with Gasteiger partial charge in [-0.1, -0.05) is 29.6 Å². The van der Waals surface area contributed by atoms with Gasteiger partial charge in [0.2, 0.25) is 5.91 Å². The average molecular weight is 393 g/mol. The van der Waals surface area contributed by atoms with Crippen LogP contribution in [-0.2, 0) is 4.79 Å². The Bertz CT molecular complexity index is 789. The molecule has 1 heterocycles. The second kappa shape index (κ2) is 8.56. The first-order chi connectivity index (χ1) is 12.7. The van der Waals surface area contributed by atoms with Crippen molar-refractivity contribution in [1.82, 2.24) is 19.8 Å². The lowest BCUT2D eigenvalue weighted by Crippen LogP contribution is -2.51. The molecule has 0 unspecified atom stereocenters. The quantitative estimate of drug-likeness (QED) is 0.815. The molecule has 0 saturated heterocycles. The van der Waals surface area contributed by atoms with E-state index in [0.717, 1.165) is 11.5 Å². The minimum Gasteiger partial charge on any atom is -0.349 e. The van der Waals surface area contributed by atoms with Crippen LogP contribution in [0.25, 0.3) is 0 Å². The fourth-order valence-corrected chi connectivity index (χ4v) is 3.14. The highest BCUT2D eigenvalue weighted by molar-refractivity contribution is 7.03. The zero-order valence-electron chi connectivity index (χ0n) is 16.2. The van der Waals surface area contributed by atoms with E-state index in [9.17, 15) is 14.0 Å². The van der Waals surface area contributed by atoms with Crippen LogP contribution >= 0.6 is 11.5 Å². The van der Waals surface area contributed by atoms with Crippen LogP contribution in [0.2, 0.25) is 0 Å². The number of hydrogen-bond donors (Lipinski definition) is 1. The standard InChI is InChI=1S/C19H25FN4O2S/c1-6-12(2)24(18(26)15-11-27-23-22-15)16(17(25)21-19(3,4)5)13-9-7-8-10-14(13)20/h7-12,16H,6H2,1-5H3,(H,21,25)/t12-,16-/m1/s1. The number of carbonyl (C=O) groups is 2. The van der Waals surface area contributed by atoms with E-state index in [4.69, 9.17) is 0 Å². The molecule has 0 aliphatic carbocycles. The van der Waals surface area contributed by atoms with Crippen LogP contribution in [0, 0.1) is 5.82 Å². The van der Waals surface area contributed by atoms with Crippen LogP contribution < -0.4 is 5.32 Å². The number of nitrogens with one attached hydrogen (secondary N) is 1. The molecule has 1 aromatic heterocycles. The second-order valence-electron chi connectivity index (χ2n) is 7.42. The van der Waals surface area contributed by atoms with Crippen LogP contribution in [0.15, 0.2) is 29.6 Å². The van der Waals surface area contributed by atoms with Gasteiger partial charge in [0.25, 0.3) is 5.91 Å². The fourth-order valence-electron chi connectivity index (χ4n) is 2.71. The van der Waals surface area contributed by atoms with Crippen LogP contribution in [0.3, 0.4) is 0 Å². The molecule has 0 saturated carbocycles.